The van der Waals surface area contributed by atoms with Crippen LogP contribution in [0.3, 0.4) is 0 Å². The van der Waals surface area contributed by atoms with Crippen molar-refractivity contribution < 1.29 is 19.4 Å². The Balaban J connectivity index is 2.85. The van der Waals surface area contributed by atoms with Crippen LogP contribution in [0.5, 0.6) is 11.5 Å². The fourth-order valence-electron chi connectivity index (χ4n) is 1.19. The minimum Gasteiger partial charge on any atom is -0.507 e. The van der Waals surface area contributed by atoms with E-state index < -0.39 is 11.8 Å². The van der Waals surface area contributed by atoms with Crippen molar-refractivity contribution in [1.82, 2.24) is 0 Å². The van der Waals surface area contributed by atoms with E-state index in [4.69, 9.17) is 9.47 Å². The van der Waals surface area contributed by atoms with Crippen molar-refractivity contribution in [3.8, 4) is 11.5 Å². The maximum atomic E-state index is 11.4. The summed E-state index contributed by atoms with van der Waals surface area (Å²) in [7, 11) is 0. The van der Waals surface area contributed by atoms with E-state index in [1.54, 1.807) is 32.9 Å². The lowest BCUT2D eigenvalue weighted by Crippen LogP contribution is -2.26. The van der Waals surface area contributed by atoms with E-state index in [1.165, 1.54) is 12.1 Å². The number of carbonyl (C=O) groups excluding carboxylic acids is 1. The number of phenols is 1. The molecule has 0 amide bonds. The highest BCUT2D eigenvalue weighted by molar-refractivity contribution is 5.70. The molecule has 4 nitrogen and oxygen atoms in total. The molecule has 0 saturated heterocycles. The summed E-state index contributed by atoms with van der Waals surface area (Å²) in [6.45, 7) is 8.77. The highest BCUT2D eigenvalue weighted by Gasteiger charge is 2.19. The summed E-state index contributed by atoms with van der Waals surface area (Å²) in [5.74, 6) is 0.218. The number of carbonyl (C=O) groups is 1. The quantitative estimate of drug-likeness (QED) is 0.632. The molecule has 92 valence electrons. The van der Waals surface area contributed by atoms with Gasteiger partial charge in [-0.3, -0.25) is 0 Å². The van der Waals surface area contributed by atoms with Gasteiger partial charge in [0.1, 0.15) is 17.1 Å². The smallest absolute Gasteiger partial charge is 0.507 e. The molecule has 0 aliphatic carbocycles. The van der Waals surface area contributed by atoms with Crippen LogP contribution < -0.4 is 4.74 Å². The third-order valence-electron chi connectivity index (χ3n) is 1.83. The van der Waals surface area contributed by atoms with Crippen molar-refractivity contribution in [2.45, 2.75) is 26.4 Å². The van der Waals surface area contributed by atoms with E-state index in [2.05, 4.69) is 6.58 Å². The molecule has 1 N–H and O–H groups in total. The normalized spacial score (nSPS) is 10.8. The van der Waals surface area contributed by atoms with Crippen LogP contribution in [0.1, 0.15) is 26.3 Å². The van der Waals surface area contributed by atoms with Crippen molar-refractivity contribution in [2.75, 3.05) is 0 Å². The zero-order valence-electron chi connectivity index (χ0n) is 10.2. The molecule has 1 rings (SSSR count). The number of hydrogen-bond donors (Lipinski definition) is 1. The Labute approximate surface area is 100 Å². The van der Waals surface area contributed by atoms with Gasteiger partial charge in [0, 0.05) is 0 Å². The number of phenolic OH excluding ortho intramolecular Hbond substituents is 1. The molecule has 0 saturated carbocycles. The Morgan fingerprint density at radius 1 is 1.41 bits per heavy atom. The fourth-order valence-corrected chi connectivity index (χ4v) is 1.19. The number of rotatable bonds is 2. The third-order valence-corrected chi connectivity index (χ3v) is 1.83. The van der Waals surface area contributed by atoms with Crippen molar-refractivity contribution in [3.05, 3.63) is 30.3 Å². The molecular weight excluding hydrogens is 220 g/mol. The van der Waals surface area contributed by atoms with Crippen molar-refractivity contribution in [2.24, 2.45) is 0 Å². The highest BCUT2D eigenvalue weighted by Crippen LogP contribution is 2.28. The molecule has 0 fully saturated rings. The second-order valence-corrected chi connectivity index (χ2v) is 4.46. The van der Waals surface area contributed by atoms with Gasteiger partial charge in [0.15, 0.2) is 0 Å². The molecule has 0 bridgehead atoms. The number of benzene rings is 1. The van der Waals surface area contributed by atoms with Gasteiger partial charge in [-0.2, -0.15) is 0 Å². The SMILES string of the molecule is C=Cc1c(O)cccc1OC(=O)OC(C)(C)C. The molecule has 0 atom stereocenters. The van der Waals surface area contributed by atoms with Gasteiger partial charge in [-0.1, -0.05) is 18.7 Å². The van der Waals surface area contributed by atoms with Crippen LogP contribution in [0.4, 0.5) is 4.79 Å². The summed E-state index contributed by atoms with van der Waals surface area (Å²) in [6.07, 6.45) is 0.598. The number of ether oxygens (including phenoxy) is 2. The van der Waals surface area contributed by atoms with Crippen LogP contribution in [0.25, 0.3) is 6.08 Å². The summed E-state index contributed by atoms with van der Waals surface area (Å²) >= 11 is 0. The average Bonchev–Trinajstić information content (AvgIpc) is 2.14. The van der Waals surface area contributed by atoms with Crippen LogP contribution in [0, 0.1) is 0 Å². The fraction of sp³-hybridized carbons (Fsp3) is 0.308. The molecule has 0 unspecified atom stereocenters. The first kappa shape index (κ1) is 13.1. The number of hydrogen-bond acceptors (Lipinski definition) is 4. The van der Waals surface area contributed by atoms with E-state index in [0.717, 1.165) is 0 Å². The van der Waals surface area contributed by atoms with E-state index in [1.807, 2.05) is 0 Å². The summed E-state index contributed by atoms with van der Waals surface area (Å²) in [6, 6.07) is 4.61. The maximum Gasteiger partial charge on any atom is 0.514 e. The van der Waals surface area contributed by atoms with Crippen LogP contribution in [0.15, 0.2) is 24.8 Å². The Morgan fingerprint density at radius 3 is 2.59 bits per heavy atom. The molecule has 0 aromatic heterocycles. The van der Waals surface area contributed by atoms with Gasteiger partial charge in [-0.25, -0.2) is 4.79 Å². The Bertz CT molecular complexity index is 430. The summed E-state index contributed by atoms with van der Waals surface area (Å²) in [5, 5.41) is 9.53. The molecule has 0 aliphatic heterocycles. The van der Waals surface area contributed by atoms with Gasteiger partial charge < -0.3 is 14.6 Å². The Morgan fingerprint density at radius 2 is 2.06 bits per heavy atom. The topological polar surface area (TPSA) is 55.8 Å². The van der Waals surface area contributed by atoms with Crippen LogP contribution in [0.2, 0.25) is 0 Å². The van der Waals surface area contributed by atoms with Crippen LogP contribution >= 0.6 is 0 Å². The molecule has 1 aromatic rings. The lowest BCUT2D eigenvalue weighted by atomic mass is 10.2. The van der Waals surface area contributed by atoms with Crippen molar-refractivity contribution in [1.29, 1.82) is 0 Å². The largest absolute Gasteiger partial charge is 0.514 e. The van der Waals surface area contributed by atoms with Crippen LogP contribution in [-0.2, 0) is 4.74 Å². The lowest BCUT2D eigenvalue weighted by Gasteiger charge is -2.19. The van der Waals surface area contributed by atoms with Crippen molar-refractivity contribution >= 4 is 12.2 Å². The Hall–Kier alpha value is -1.97. The Kier molecular flexibility index (Phi) is 3.78. The van der Waals surface area contributed by atoms with Gasteiger partial charge in [0.2, 0.25) is 0 Å². The standard InChI is InChI=1S/C13H16O4/c1-5-9-10(14)7-6-8-11(9)16-12(15)17-13(2,3)4/h5-8,14H,1H2,2-4H3. The summed E-state index contributed by atoms with van der Waals surface area (Å²) in [4.78, 5) is 11.4. The van der Waals surface area contributed by atoms with E-state index >= 15 is 0 Å². The monoisotopic (exact) mass is 236 g/mol. The van der Waals surface area contributed by atoms with Gasteiger partial charge >= 0.3 is 6.16 Å². The highest BCUT2D eigenvalue weighted by atomic mass is 16.7. The maximum absolute atomic E-state index is 11.4. The molecule has 0 radical (unpaired) electrons. The second kappa shape index (κ2) is 4.91. The molecule has 0 heterocycles. The van der Waals surface area contributed by atoms with Crippen LogP contribution in [-0.4, -0.2) is 16.9 Å². The minimum atomic E-state index is -0.814. The molecule has 4 heteroatoms. The summed E-state index contributed by atoms with van der Waals surface area (Å²) < 4.78 is 10.0. The molecule has 1 aromatic carbocycles. The van der Waals surface area contributed by atoms with Gasteiger partial charge in [-0.05, 0) is 32.9 Å². The molecular formula is C13H16O4. The lowest BCUT2D eigenvalue weighted by molar-refractivity contribution is 0.0205. The zero-order valence-corrected chi connectivity index (χ0v) is 10.2. The third kappa shape index (κ3) is 3.83. The molecule has 17 heavy (non-hydrogen) atoms. The first-order valence-corrected chi connectivity index (χ1v) is 5.19. The predicted molar refractivity (Wildman–Crippen MR) is 65.1 cm³/mol. The molecule has 0 spiro atoms. The van der Waals surface area contributed by atoms with Gasteiger partial charge in [0.05, 0.1) is 5.56 Å². The van der Waals surface area contributed by atoms with Crippen molar-refractivity contribution in [3.63, 3.8) is 0 Å². The minimum absolute atomic E-state index is 0.000980. The average molecular weight is 236 g/mol. The zero-order chi connectivity index (χ0) is 13.1. The summed E-state index contributed by atoms with van der Waals surface area (Å²) in [5.41, 5.74) is -0.263. The van der Waals surface area contributed by atoms with Gasteiger partial charge in [-0.15, -0.1) is 0 Å². The second-order valence-electron chi connectivity index (χ2n) is 4.46. The first-order chi connectivity index (χ1) is 7.83. The molecule has 0 aliphatic rings. The number of aromatic hydroxyl groups is 1. The first-order valence-electron chi connectivity index (χ1n) is 5.19. The van der Waals surface area contributed by atoms with Gasteiger partial charge in [0.25, 0.3) is 0 Å². The predicted octanol–water partition coefficient (Wildman–Crippen LogP) is 3.35. The van der Waals surface area contributed by atoms with E-state index in [9.17, 15) is 9.90 Å². The van der Waals surface area contributed by atoms with E-state index in [0.29, 0.717) is 5.56 Å². The van der Waals surface area contributed by atoms with E-state index in [-0.39, 0.29) is 11.5 Å².